The van der Waals surface area contributed by atoms with Crippen LogP contribution in [0.3, 0.4) is 0 Å². The van der Waals surface area contributed by atoms with E-state index in [1.807, 2.05) is 6.07 Å². The molecule has 0 spiro atoms. The predicted octanol–water partition coefficient (Wildman–Crippen LogP) is 4.26. The zero-order valence-corrected chi connectivity index (χ0v) is 18.7. The van der Waals surface area contributed by atoms with Crippen LogP contribution in [0.4, 0.5) is 5.69 Å². The summed E-state index contributed by atoms with van der Waals surface area (Å²) in [6.07, 6.45) is 3.11. The van der Waals surface area contributed by atoms with Crippen LogP contribution >= 0.6 is 11.6 Å². The van der Waals surface area contributed by atoms with Crippen molar-refractivity contribution in [1.29, 1.82) is 5.26 Å². The van der Waals surface area contributed by atoms with Crippen LogP contribution in [0.25, 0.3) is 5.76 Å². The van der Waals surface area contributed by atoms with Crippen molar-refractivity contribution in [3.63, 3.8) is 0 Å². The van der Waals surface area contributed by atoms with Crippen molar-refractivity contribution in [3.05, 3.63) is 111 Å². The molecule has 0 aliphatic carbocycles. The Morgan fingerprint density at radius 1 is 1.12 bits per heavy atom. The third-order valence-electron chi connectivity index (χ3n) is 5.62. The molecule has 0 amide bonds. The number of aromatic nitrogens is 1. The van der Waals surface area contributed by atoms with Gasteiger partial charge in [0.15, 0.2) is 5.76 Å². The van der Waals surface area contributed by atoms with E-state index in [2.05, 4.69) is 4.98 Å². The molecular weight excluding hydrogens is 460 g/mol. The van der Waals surface area contributed by atoms with E-state index >= 15 is 0 Å². The van der Waals surface area contributed by atoms with Gasteiger partial charge in [0.1, 0.15) is 16.5 Å². The zero-order valence-electron chi connectivity index (χ0n) is 17.1. The van der Waals surface area contributed by atoms with Crippen molar-refractivity contribution in [3.8, 4) is 6.07 Å². The zero-order chi connectivity index (χ0) is 23.2. The van der Waals surface area contributed by atoms with Crippen LogP contribution in [0, 0.1) is 11.3 Å². The van der Waals surface area contributed by atoms with E-state index in [9.17, 15) is 13.7 Å². The fraction of sp³-hybridized carbons (Fsp3) is 0.0833. The molecule has 164 valence electrons. The molecular formula is C24H17ClN4O3S. The highest BCUT2D eigenvalue weighted by Gasteiger charge is 2.47. The molecule has 1 atom stereocenters. The SMILES string of the molecule is N#CC1=C(N)OC2=C([C@@H]1c1cccnc1)S(=O)(=O)N(Cc1ccc(Cl)cc1)c1ccccc12. The van der Waals surface area contributed by atoms with Crippen LogP contribution in [0.5, 0.6) is 0 Å². The molecule has 0 fully saturated rings. The maximum absolute atomic E-state index is 14.1. The molecule has 9 heteroatoms. The van der Waals surface area contributed by atoms with E-state index in [1.165, 1.54) is 10.5 Å². The first-order valence-electron chi connectivity index (χ1n) is 10.00. The lowest BCUT2D eigenvalue weighted by molar-refractivity contribution is 0.357. The molecule has 2 aromatic carbocycles. The fourth-order valence-corrected chi connectivity index (χ4v) is 6.15. The molecule has 2 aliphatic heterocycles. The number of ether oxygens (including phenoxy) is 1. The number of hydrogen-bond donors (Lipinski definition) is 1. The van der Waals surface area contributed by atoms with Crippen LogP contribution in [-0.4, -0.2) is 13.4 Å². The lowest BCUT2D eigenvalue weighted by Crippen LogP contribution is -2.39. The Morgan fingerprint density at radius 2 is 1.88 bits per heavy atom. The second-order valence-corrected chi connectivity index (χ2v) is 9.83. The van der Waals surface area contributed by atoms with Gasteiger partial charge < -0.3 is 10.5 Å². The van der Waals surface area contributed by atoms with Crippen molar-refractivity contribution in [1.82, 2.24) is 4.98 Å². The van der Waals surface area contributed by atoms with E-state index in [0.29, 0.717) is 21.8 Å². The summed E-state index contributed by atoms with van der Waals surface area (Å²) in [5.41, 5.74) is 8.45. The normalized spacial score (nSPS) is 18.8. The maximum atomic E-state index is 14.1. The minimum absolute atomic E-state index is 0.0242. The summed E-state index contributed by atoms with van der Waals surface area (Å²) < 4.78 is 35.3. The highest BCUT2D eigenvalue weighted by molar-refractivity contribution is 7.96. The average molecular weight is 477 g/mol. The summed E-state index contributed by atoms with van der Waals surface area (Å²) in [5, 5.41) is 10.4. The van der Waals surface area contributed by atoms with E-state index in [4.69, 9.17) is 22.1 Å². The van der Waals surface area contributed by atoms with Crippen LogP contribution in [-0.2, 0) is 21.3 Å². The van der Waals surface area contributed by atoms with Gasteiger partial charge in [-0.05, 0) is 41.5 Å². The number of fused-ring (bicyclic) bond motifs is 2. The Labute approximate surface area is 196 Å². The predicted molar refractivity (Wildman–Crippen MR) is 125 cm³/mol. The van der Waals surface area contributed by atoms with Crippen molar-refractivity contribution in [2.24, 2.45) is 5.73 Å². The topological polar surface area (TPSA) is 109 Å². The van der Waals surface area contributed by atoms with E-state index in [0.717, 1.165) is 5.56 Å². The number of nitrogens with zero attached hydrogens (tertiary/aromatic N) is 3. The molecule has 7 nitrogen and oxygen atoms in total. The van der Waals surface area contributed by atoms with E-state index in [-0.39, 0.29) is 28.7 Å². The summed E-state index contributed by atoms with van der Waals surface area (Å²) in [7, 11) is -4.12. The monoisotopic (exact) mass is 476 g/mol. The molecule has 0 saturated carbocycles. The number of allylic oxidation sites excluding steroid dienone is 2. The Balaban J connectivity index is 1.75. The summed E-state index contributed by atoms with van der Waals surface area (Å²) >= 11 is 6.01. The Bertz CT molecular complexity index is 1460. The van der Waals surface area contributed by atoms with Gasteiger partial charge in [-0.1, -0.05) is 41.9 Å². The number of rotatable bonds is 3. The van der Waals surface area contributed by atoms with Gasteiger partial charge in [0.05, 0.1) is 18.2 Å². The summed E-state index contributed by atoms with van der Waals surface area (Å²) in [6, 6.07) is 19.5. The summed E-state index contributed by atoms with van der Waals surface area (Å²) in [5.74, 6) is -0.942. The molecule has 2 aliphatic rings. The van der Waals surface area contributed by atoms with Crippen LogP contribution in [0.1, 0.15) is 22.6 Å². The molecule has 33 heavy (non-hydrogen) atoms. The molecule has 0 bridgehead atoms. The molecule has 0 unspecified atom stereocenters. The first-order valence-corrected chi connectivity index (χ1v) is 11.8. The third kappa shape index (κ3) is 3.42. The molecule has 0 radical (unpaired) electrons. The highest BCUT2D eigenvalue weighted by Crippen LogP contribution is 2.51. The molecule has 3 aromatic rings. The molecule has 5 rings (SSSR count). The largest absolute Gasteiger partial charge is 0.439 e. The third-order valence-corrected chi connectivity index (χ3v) is 7.75. The van der Waals surface area contributed by atoms with Gasteiger partial charge in [-0.25, -0.2) is 8.42 Å². The van der Waals surface area contributed by atoms with Crippen LogP contribution < -0.4 is 10.0 Å². The quantitative estimate of drug-likeness (QED) is 0.604. The van der Waals surface area contributed by atoms with Crippen molar-refractivity contribution < 1.29 is 13.2 Å². The first kappa shape index (κ1) is 21.1. The number of hydrogen-bond acceptors (Lipinski definition) is 6. The van der Waals surface area contributed by atoms with Gasteiger partial charge in [-0.15, -0.1) is 0 Å². The van der Waals surface area contributed by atoms with Crippen molar-refractivity contribution >= 4 is 33.1 Å². The van der Waals surface area contributed by atoms with Crippen LogP contribution in [0.15, 0.2) is 89.4 Å². The van der Waals surface area contributed by atoms with Gasteiger partial charge in [-0.3, -0.25) is 9.29 Å². The summed E-state index contributed by atoms with van der Waals surface area (Å²) in [6.45, 7) is 0.0775. The maximum Gasteiger partial charge on any atom is 0.265 e. The molecule has 0 saturated heterocycles. The number of nitriles is 1. The van der Waals surface area contributed by atoms with Gasteiger partial charge >= 0.3 is 0 Å². The standard InChI is InChI=1S/C24H17ClN4O3S/c25-17-9-7-15(8-10-17)14-29-20-6-2-1-5-18(20)22-23(33(29,30)31)21(16-4-3-11-28-13-16)19(12-26)24(27)32-22/h1-11,13,21H,14,27H2/t21-/m1/s1. The molecule has 3 heterocycles. The van der Waals surface area contributed by atoms with Gasteiger partial charge in [0.2, 0.25) is 5.88 Å². The van der Waals surface area contributed by atoms with Gasteiger partial charge in [0, 0.05) is 23.0 Å². The lowest BCUT2D eigenvalue weighted by Gasteiger charge is -2.38. The minimum Gasteiger partial charge on any atom is -0.439 e. The smallest absolute Gasteiger partial charge is 0.265 e. The Morgan fingerprint density at radius 3 is 2.58 bits per heavy atom. The van der Waals surface area contributed by atoms with Crippen molar-refractivity contribution in [2.75, 3.05) is 4.31 Å². The number of pyridine rings is 1. The number of benzene rings is 2. The molecule has 1 aromatic heterocycles. The van der Waals surface area contributed by atoms with Gasteiger partial charge in [-0.2, -0.15) is 5.26 Å². The number of nitrogens with two attached hydrogens (primary N) is 1. The second kappa shape index (κ2) is 7.96. The molecule has 2 N–H and O–H groups in total. The Hall–Kier alpha value is -3.80. The van der Waals surface area contributed by atoms with Crippen LogP contribution in [0.2, 0.25) is 5.02 Å². The van der Waals surface area contributed by atoms with E-state index in [1.54, 1.807) is 66.9 Å². The number of sulfonamides is 1. The van der Waals surface area contributed by atoms with Gasteiger partial charge in [0.25, 0.3) is 10.0 Å². The highest BCUT2D eigenvalue weighted by atomic mass is 35.5. The fourth-order valence-electron chi connectivity index (χ4n) is 4.11. The number of halogens is 1. The summed E-state index contributed by atoms with van der Waals surface area (Å²) in [4.78, 5) is 4.09. The number of anilines is 1. The number of para-hydroxylation sites is 1. The first-order chi connectivity index (χ1) is 15.9. The van der Waals surface area contributed by atoms with E-state index < -0.39 is 15.9 Å². The Kier molecular flexibility index (Phi) is 5.08. The second-order valence-electron chi connectivity index (χ2n) is 7.56. The minimum atomic E-state index is -4.12. The average Bonchev–Trinajstić information content (AvgIpc) is 2.82. The van der Waals surface area contributed by atoms with Crippen molar-refractivity contribution in [2.45, 2.75) is 12.5 Å². The lowest BCUT2D eigenvalue weighted by atomic mass is 9.89.